The van der Waals surface area contributed by atoms with Crippen LogP contribution in [-0.2, 0) is 0 Å². The molecule has 6 fully saturated rings. The fraction of sp³-hybridized carbons (Fsp3) is 0.294. The Morgan fingerprint density at radius 2 is 0.361 bits per heavy atom. The molecule has 4 heteroatoms. The van der Waals surface area contributed by atoms with Crippen molar-refractivity contribution in [2.45, 2.75) is 62.7 Å². The van der Waals surface area contributed by atoms with Gasteiger partial charge >= 0.3 is 0 Å². The third-order valence-electron chi connectivity index (χ3n) is 19.2. The second kappa shape index (κ2) is 18.5. The fourth-order valence-corrected chi connectivity index (χ4v) is 17.4. The van der Waals surface area contributed by atoms with Crippen molar-refractivity contribution in [2.24, 2.45) is 59.2 Å². The lowest BCUT2D eigenvalue weighted by Crippen LogP contribution is -2.68. The molecule has 6 aliphatic carbocycles. The van der Waals surface area contributed by atoms with Crippen LogP contribution >= 0.6 is 0 Å². The highest BCUT2D eigenvalue weighted by Gasteiger charge is 2.73. The average Bonchev–Trinajstić information content (AvgIpc) is 3.83. The molecule has 12 unspecified atom stereocenters. The SMILES string of the molecule is c1ccc(N(c2ccccc2)C2C3CCC4CCC5C6C4C3C3C(CCC(C63)C(N(c3ccccc3)c3ccccc3)C5N(c3ccccc3)c3ccccc3)C2N(c2ccccc2)c2ccccc2)cc1. The minimum Gasteiger partial charge on any atom is -0.336 e. The summed E-state index contributed by atoms with van der Waals surface area (Å²) in [5.41, 5.74) is 10.5. The molecule has 0 bridgehead atoms. The van der Waals surface area contributed by atoms with Crippen LogP contribution in [0.15, 0.2) is 243 Å². The lowest BCUT2D eigenvalue weighted by Gasteiger charge is -2.63. The molecule has 12 atom stereocenters. The van der Waals surface area contributed by atoms with E-state index in [0.29, 0.717) is 53.3 Å². The number of hydrogen-bond donors (Lipinski definition) is 0. The number of nitrogens with zero attached hydrogens (tertiary/aromatic N) is 4. The maximum Gasteiger partial charge on any atom is 0.0583 e. The number of benzene rings is 8. The first-order valence-corrected chi connectivity index (χ1v) is 27.4. The molecule has 4 nitrogen and oxygen atoms in total. The van der Waals surface area contributed by atoms with E-state index in [9.17, 15) is 0 Å². The van der Waals surface area contributed by atoms with E-state index in [1.807, 2.05) is 0 Å². The largest absolute Gasteiger partial charge is 0.336 e. The number of para-hydroxylation sites is 8. The Morgan fingerprint density at radius 1 is 0.194 bits per heavy atom. The van der Waals surface area contributed by atoms with Crippen LogP contribution in [0.25, 0.3) is 0 Å². The van der Waals surface area contributed by atoms with Crippen molar-refractivity contribution >= 4 is 45.5 Å². The molecular weight excluding hydrogens is 873 g/mol. The van der Waals surface area contributed by atoms with Crippen LogP contribution in [-0.4, -0.2) is 24.2 Å². The lowest BCUT2D eigenvalue weighted by molar-refractivity contribution is -0.0436. The van der Waals surface area contributed by atoms with E-state index in [-0.39, 0.29) is 24.2 Å². The van der Waals surface area contributed by atoms with Crippen molar-refractivity contribution in [3.63, 3.8) is 0 Å². The van der Waals surface area contributed by atoms with Crippen molar-refractivity contribution in [2.75, 3.05) is 19.6 Å². The van der Waals surface area contributed by atoms with Gasteiger partial charge in [0.05, 0.1) is 24.2 Å². The van der Waals surface area contributed by atoms with Crippen molar-refractivity contribution in [3.05, 3.63) is 243 Å². The molecule has 0 aliphatic heterocycles. The average molecular weight is 939 g/mol. The molecule has 6 saturated carbocycles. The van der Waals surface area contributed by atoms with E-state index in [4.69, 9.17) is 0 Å². The van der Waals surface area contributed by atoms with Crippen LogP contribution in [0.5, 0.6) is 0 Å². The van der Waals surface area contributed by atoms with Gasteiger partial charge in [-0.3, -0.25) is 0 Å². The fourth-order valence-electron chi connectivity index (χ4n) is 17.4. The minimum absolute atomic E-state index is 0.234. The Morgan fingerprint density at radius 3 is 0.556 bits per heavy atom. The van der Waals surface area contributed by atoms with Gasteiger partial charge in [0.1, 0.15) is 0 Å². The Labute approximate surface area is 427 Å². The highest BCUT2D eigenvalue weighted by Crippen LogP contribution is 2.75. The zero-order valence-electron chi connectivity index (χ0n) is 41.2. The monoisotopic (exact) mass is 939 g/mol. The molecule has 0 spiro atoms. The van der Waals surface area contributed by atoms with Crippen LogP contribution in [0.1, 0.15) is 38.5 Å². The van der Waals surface area contributed by atoms with Gasteiger partial charge in [0.15, 0.2) is 0 Å². The van der Waals surface area contributed by atoms with Crippen molar-refractivity contribution in [3.8, 4) is 0 Å². The molecule has 0 saturated heterocycles. The zero-order valence-corrected chi connectivity index (χ0v) is 41.2. The predicted octanol–water partition coefficient (Wildman–Crippen LogP) is 16.4. The molecule has 0 aromatic heterocycles. The molecule has 0 N–H and O–H groups in total. The predicted molar refractivity (Wildman–Crippen MR) is 298 cm³/mol. The van der Waals surface area contributed by atoms with Gasteiger partial charge in [-0.2, -0.15) is 0 Å². The van der Waals surface area contributed by atoms with Crippen LogP contribution in [0.3, 0.4) is 0 Å². The van der Waals surface area contributed by atoms with Gasteiger partial charge in [0.2, 0.25) is 0 Å². The Bertz CT molecular complexity index is 2670. The third kappa shape index (κ3) is 7.14. The maximum absolute atomic E-state index is 2.87. The number of anilines is 8. The quantitative estimate of drug-likeness (QED) is 0.121. The summed E-state index contributed by atoms with van der Waals surface area (Å²) in [4.78, 5) is 11.5. The Balaban J connectivity index is 1.02. The van der Waals surface area contributed by atoms with Crippen molar-refractivity contribution < 1.29 is 0 Å². The topological polar surface area (TPSA) is 13.0 Å². The summed E-state index contributed by atoms with van der Waals surface area (Å²) in [5, 5.41) is 0. The van der Waals surface area contributed by atoms with Crippen LogP contribution in [0.4, 0.5) is 45.5 Å². The highest BCUT2D eigenvalue weighted by atomic mass is 15.3. The van der Waals surface area contributed by atoms with Gasteiger partial charge in [-0.15, -0.1) is 0 Å². The zero-order chi connectivity index (χ0) is 47.5. The summed E-state index contributed by atoms with van der Waals surface area (Å²) >= 11 is 0. The van der Waals surface area contributed by atoms with E-state index in [1.54, 1.807) is 0 Å². The summed E-state index contributed by atoms with van der Waals surface area (Å²) in [6, 6.07) is 93.3. The first-order chi connectivity index (χ1) is 35.8. The first kappa shape index (κ1) is 43.7. The van der Waals surface area contributed by atoms with Crippen molar-refractivity contribution in [1.82, 2.24) is 0 Å². The van der Waals surface area contributed by atoms with Gasteiger partial charge in [-0.1, -0.05) is 146 Å². The van der Waals surface area contributed by atoms with Crippen LogP contribution in [0, 0.1) is 59.2 Å². The van der Waals surface area contributed by atoms with Crippen molar-refractivity contribution in [1.29, 1.82) is 0 Å². The normalized spacial score (nSPS) is 30.4. The highest BCUT2D eigenvalue weighted by molar-refractivity contribution is 5.72. The van der Waals surface area contributed by atoms with Gasteiger partial charge < -0.3 is 19.6 Å². The molecule has 0 heterocycles. The Kier molecular flexibility index (Phi) is 11.3. The van der Waals surface area contributed by atoms with Gasteiger partial charge in [0.25, 0.3) is 0 Å². The summed E-state index contributed by atoms with van der Waals surface area (Å²) in [7, 11) is 0. The molecule has 358 valence electrons. The third-order valence-corrected chi connectivity index (χ3v) is 19.2. The maximum atomic E-state index is 2.87. The van der Waals surface area contributed by atoms with Crippen LogP contribution in [0.2, 0.25) is 0 Å². The molecule has 0 amide bonds. The first-order valence-electron chi connectivity index (χ1n) is 27.4. The molecule has 0 radical (unpaired) electrons. The van der Waals surface area contributed by atoms with E-state index in [0.717, 1.165) is 5.92 Å². The van der Waals surface area contributed by atoms with Gasteiger partial charge in [0, 0.05) is 45.5 Å². The molecule has 14 rings (SSSR count). The number of hydrogen-bond acceptors (Lipinski definition) is 4. The van der Waals surface area contributed by atoms with Gasteiger partial charge in [-0.05, 0) is 195 Å². The van der Waals surface area contributed by atoms with E-state index in [2.05, 4.69) is 262 Å². The molecular formula is C68H66N4. The summed E-state index contributed by atoms with van der Waals surface area (Å²) in [5.74, 6) is 6.07. The van der Waals surface area contributed by atoms with E-state index < -0.39 is 0 Å². The second-order valence-corrected chi connectivity index (χ2v) is 22.2. The summed E-state index contributed by atoms with van der Waals surface area (Å²) in [6.45, 7) is 0. The molecule has 72 heavy (non-hydrogen) atoms. The standard InChI is InChI=1S/C68H66N4/c1-9-25-48(26-10-1)69(49-27-11-2-12-28-49)65-56-43-41-47-42-44-57-62-60(47)61(56)63-58(67(65)71(52-33-17-5-18-34-52)53-35-19-6-20-36-53)45-46-59(64(62)63)68(72(54-37-21-7-22-38-54)55-39-23-8-24-40-55)66(57)70(50-29-13-3-14-30-50)51-31-15-4-16-32-51/h1-40,47,56-68H,41-46H2. The van der Waals surface area contributed by atoms with E-state index >= 15 is 0 Å². The molecule has 8 aromatic carbocycles. The summed E-state index contributed by atoms with van der Waals surface area (Å²) in [6.07, 6.45) is 7.64. The van der Waals surface area contributed by atoms with Gasteiger partial charge in [-0.25, -0.2) is 0 Å². The van der Waals surface area contributed by atoms with Crippen LogP contribution < -0.4 is 19.6 Å². The number of rotatable bonds is 12. The van der Waals surface area contributed by atoms with E-state index in [1.165, 1.54) is 84.0 Å². The second-order valence-electron chi connectivity index (χ2n) is 22.2. The molecule has 8 aromatic rings. The minimum atomic E-state index is 0.234. The Hall–Kier alpha value is -7.04. The summed E-state index contributed by atoms with van der Waals surface area (Å²) < 4.78 is 0. The lowest BCUT2D eigenvalue weighted by atomic mass is 9.50. The smallest absolute Gasteiger partial charge is 0.0583 e. The molecule has 6 aliphatic rings.